The maximum atomic E-state index is 12.9. The lowest BCUT2D eigenvalue weighted by Crippen LogP contribution is -2.46. The number of ether oxygens (including phenoxy) is 3. The molecule has 0 saturated carbocycles. The number of amides is 2. The zero-order chi connectivity index (χ0) is 21.3. The van der Waals surface area contributed by atoms with Gasteiger partial charge in [-0.2, -0.15) is 0 Å². The minimum Gasteiger partial charge on any atom is -0.493 e. The maximum Gasteiger partial charge on any atom is 0.344 e. The van der Waals surface area contributed by atoms with Crippen molar-refractivity contribution in [3.8, 4) is 11.5 Å². The molecule has 2 amide bonds. The zero-order valence-corrected chi connectivity index (χ0v) is 16.7. The average Bonchev–Trinajstić information content (AvgIpc) is 3.31. The molecule has 2 aliphatic heterocycles. The smallest absolute Gasteiger partial charge is 0.344 e. The fourth-order valence-electron chi connectivity index (χ4n) is 3.95. The molecule has 2 aliphatic rings. The van der Waals surface area contributed by atoms with Gasteiger partial charge in [-0.15, -0.1) is 0 Å². The van der Waals surface area contributed by atoms with Crippen molar-refractivity contribution in [3.05, 3.63) is 59.2 Å². The molecular weight excluding hydrogens is 388 g/mol. The first-order chi connectivity index (χ1) is 14.5. The second-order valence-corrected chi connectivity index (χ2v) is 7.08. The molecular formula is C22H22N2O6. The molecule has 0 unspecified atom stereocenters. The number of carbonyl (C=O) groups excluding carboxylic acids is 3. The van der Waals surface area contributed by atoms with Gasteiger partial charge in [0.2, 0.25) is 18.0 Å². The van der Waals surface area contributed by atoms with Crippen LogP contribution in [0.2, 0.25) is 0 Å². The Balaban J connectivity index is 1.59. The Hall–Kier alpha value is -3.55. The fraction of sp³-hybridized carbons (Fsp3) is 0.318. The summed E-state index contributed by atoms with van der Waals surface area (Å²) in [7, 11) is 2.90. The summed E-state index contributed by atoms with van der Waals surface area (Å²) in [6.45, 7) is 0.351. The number of benzene rings is 2. The Morgan fingerprint density at radius 1 is 1.13 bits per heavy atom. The van der Waals surface area contributed by atoms with Crippen LogP contribution in [0.4, 0.5) is 0 Å². The summed E-state index contributed by atoms with van der Waals surface area (Å²) in [5.41, 5.74) is 1.65. The molecule has 1 fully saturated rings. The SMILES string of the molecule is COc1ccc2c(c1OC)C(=O)O[C@@H]2N1C(=O)CC[C@H]1C(=O)NCc1ccccc1. The summed E-state index contributed by atoms with van der Waals surface area (Å²) in [6.07, 6.45) is -0.411. The molecule has 1 N–H and O–H groups in total. The molecule has 2 heterocycles. The third-order valence-electron chi connectivity index (χ3n) is 5.39. The van der Waals surface area contributed by atoms with E-state index in [1.54, 1.807) is 12.1 Å². The van der Waals surface area contributed by atoms with Gasteiger partial charge >= 0.3 is 5.97 Å². The van der Waals surface area contributed by atoms with Crippen molar-refractivity contribution in [2.24, 2.45) is 0 Å². The molecule has 30 heavy (non-hydrogen) atoms. The quantitative estimate of drug-likeness (QED) is 0.734. The molecule has 1 saturated heterocycles. The Kier molecular flexibility index (Phi) is 5.31. The Morgan fingerprint density at radius 3 is 2.60 bits per heavy atom. The Morgan fingerprint density at radius 2 is 1.90 bits per heavy atom. The number of nitrogens with one attached hydrogen (secondary N) is 1. The summed E-state index contributed by atoms with van der Waals surface area (Å²) >= 11 is 0. The second-order valence-electron chi connectivity index (χ2n) is 7.08. The predicted molar refractivity (Wildman–Crippen MR) is 106 cm³/mol. The highest BCUT2D eigenvalue weighted by molar-refractivity contribution is 5.99. The van der Waals surface area contributed by atoms with E-state index in [9.17, 15) is 14.4 Å². The van der Waals surface area contributed by atoms with E-state index in [1.807, 2.05) is 30.3 Å². The van der Waals surface area contributed by atoms with Gasteiger partial charge in [0.1, 0.15) is 11.6 Å². The molecule has 0 aromatic heterocycles. The Bertz CT molecular complexity index is 991. The minimum atomic E-state index is -0.977. The van der Waals surface area contributed by atoms with Gasteiger partial charge in [-0.3, -0.25) is 14.5 Å². The zero-order valence-electron chi connectivity index (χ0n) is 16.7. The van der Waals surface area contributed by atoms with Gasteiger partial charge in [-0.05, 0) is 24.1 Å². The van der Waals surface area contributed by atoms with Gasteiger partial charge in [0.05, 0.1) is 14.2 Å². The normalized spacial score (nSPS) is 20.0. The van der Waals surface area contributed by atoms with Crippen LogP contribution in [-0.2, 0) is 20.9 Å². The molecule has 2 aromatic rings. The van der Waals surface area contributed by atoms with Gasteiger partial charge in [0.15, 0.2) is 11.5 Å². The molecule has 0 bridgehead atoms. The van der Waals surface area contributed by atoms with Crippen molar-refractivity contribution < 1.29 is 28.6 Å². The van der Waals surface area contributed by atoms with Gasteiger partial charge in [-0.25, -0.2) is 4.79 Å². The molecule has 0 radical (unpaired) electrons. The van der Waals surface area contributed by atoms with Crippen LogP contribution < -0.4 is 14.8 Å². The molecule has 0 spiro atoms. The molecule has 2 aromatic carbocycles. The van der Waals surface area contributed by atoms with Gasteiger partial charge in [0.25, 0.3) is 0 Å². The maximum absolute atomic E-state index is 12.9. The van der Waals surface area contributed by atoms with Crippen LogP contribution in [-0.4, -0.2) is 42.9 Å². The number of esters is 1. The largest absolute Gasteiger partial charge is 0.493 e. The van der Waals surface area contributed by atoms with Crippen LogP contribution in [0.1, 0.15) is 40.6 Å². The van der Waals surface area contributed by atoms with Crippen molar-refractivity contribution in [1.82, 2.24) is 10.2 Å². The lowest BCUT2D eigenvalue weighted by Gasteiger charge is -2.29. The van der Waals surface area contributed by atoms with Crippen molar-refractivity contribution in [2.45, 2.75) is 31.7 Å². The standard InChI is InChI=1S/C22H22N2O6/c1-28-16-10-8-14-18(19(16)29-2)22(27)30-21(14)24-15(9-11-17(24)25)20(26)23-12-13-6-4-3-5-7-13/h3-8,10,15,21H,9,11-12H2,1-2H3,(H,23,26)/t15-,21-/m0/s1. The average molecular weight is 410 g/mol. The highest BCUT2D eigenvalue weighted by Crippen LogP contribution is 2.45. The molecule has 156 valence electrons. The third kappa shape index (κ3) is 3.34. The minimum absolute atomic E-state index is 0.208. The number of hydrogen-bond donors (Lipinski definition) is 1. The van der Waals surface area contributed by atoms with Crippen LogP contribution in [0.15, 0.2) is 42.5 Å². The van der Waals surface area contributed by atoms with Crippen LogP contribution in [0.25, 0.3) is 0 Å². The van der Waals surface area contributed by atoms with Crippen molar-refractivity contribution >= 4 is 17.8 Å². The van der Waals surface area contributed by atoms with E-state index in [2.05, 4.69) is 5.32 Å². The third-order valence-corrected chi connectivity index (χ3v) is 5.39. The number of hydrogen-bond acceptors (Lipinski definition) is 6. The van der Waals surface area contributed by atoms with Crippen LogP contribution in [0.3, 0.4) is 0 Å². The van der Waals surface area contributed by atoms with Crippen molar-refractivity contribution in [2.75, 3.05) is 14.2 Å². The van der Waals surface area contributed by atoms with Gasteiger partial charge in [-0.1, -0.05) is 30.3 Å². The molecule has 8 heteroatoms. The van der Waals surface area contributed by atoms with E-state index in [4.69, 9.17) is 14.2 Å². The first kappa shape index (κ1) is 19.8. The fourth-order valence-corrected chi connectivity index (χ4v) is 3.95. The van der Waals surface area contributed by atoms with E-state index in [0.29, 0.717) is 24.3 Å². The van der Waals surface area contributed by atoms with Gasteiger partial charge < -0.3 is 19.5 Å². The highest BCUT2D eigenvalue weighted by Gasteiger charge is 2.47. The van der Waals surface area contributed by atoms with E-state index in [1.165, 1.54) is 19.1 Å². The number of methoxy groups -OCH3 is 2. The molecule has 0 aliphatic carbocycles. The van der Waals surface area contributed by atoms with Crippen molar-refractivity contribution in [1.29, 1.82) is 0 Å². The molecule has 8 nitrogen and oxygen atoms in total. The summed E-state index contributed by atoms with van der Waals surface area (Å²) < 4.78 is 16.1. The van der Waals surface area contributed by atoms with Gasteiger partial charge in [0, 0.05) is 18.5 Å². The number of fused-ring (bicyclic) bond motifs is 1. The second kappa shape index (κ2) is 8.06. The van der Waals surface area contributed by atoms with Crippen LogP contribution in [0, 0.1) is 0 Å². The summed E-state index contributed by atoms with van der Waals surface area (Å²) in [4.78, 5) is 39.4. The Labute approximate surface area is 173 Å². The summed E-state index contributed by atoms with van der Waals surface area (Å²) in [6, 6.07) is 12.1. The number of likely N-dealkylation sites (tertiary alicyclic amines) is 1. The van der Waals surface area contributed by atoms with Crippen molar-refractivity contribution in [3.63, 3.8) is 0 Å². The number of rotatable bonds is 6. The molecule has 2 atom stereocenters. The lowest BCUT2D eigenvalue weighted by atomic mass is 10.1. The topological polar surface area (TPSA) is 94.2 Å². The number of nitrogens with zero attached hydrogens (tertiary/aromatic N) is 1. The summed E-state index contributed by atoms with van der Waals surface area (Å²) in [5, 5.41) is 2.87. The number of cyclic esters (lactones) is 1. The van der Waals surface area contributed by atoms with Crippen LogP contribution in [0.5, 0.6) is 11.5 Å². The van der Waals surface area contributed by atoms with E-state index in [0.717, 1.165) is 5.56 Å². The molecule has 4 rings (SSSR count). The van der Waals surface area contributed by atoms with Crippen LogP contribution >= 0.6 is 0 Å². The predicted octanol–water partition coefficient (Wildman–Crippen LogP) is 2.18. The monoisotopic (exact) mass is 410 g/mol. The van der Waals surface area contributed by atoms with E-state index < -0.39 is 18.2 Å². The summed E-state index contributed by atoms with van der Waals surface area (Å²) in [5.74, 6) is -0.503. The number of carbonyl (C=O) groups is 3. The highest BCUT2D eigenvalue weighted by atomic mass is 16.6. The first-order valence-corrected chi connectivity index (χ1v) is 9.63. The lowest BCUT2D eigenvalue weighted by molar-refractivity contribution is -0.145. The van der Waals surface area contributed by atoms with E-state index in [-0.39, 0.29) is 29.5 Å². The van der Waals surface area contributed by atoms with E-state index >= 15 is 0 Å². The first-order valence-electron chi connectivity index (χ1n) is 9.63.